The third kappa shape index (κ3) is 5.07. The Bertz CT molecular complexity index is 259. The number of rotatable bonds is 1. The van der Waals surface area contributed by atoms with Gasteiger partial charge in [-0.15, -0.1) is 0 Å². The molecule has 0 saturated carbocycles. The van der Waals surface area contributed by atoms with Crippen LogP contribution in [0.5, 0.6) is 0 Å². The van der Waals surface area contributed by atoms with Crippen LogP contribution in [-0.2, 0) is 26.7 Å². The Morgan fingerprint density at radius 1 is 1.40 bits per heavy atom. The predicted molar refractivity (Wildman–Crippen MR) is 53.4 cm³/mol. The smallest absolute Gasteiger partial charge is 0.281 e. The Morgan fingerprint density at radius 2 is 1.93 bits per heavy atom. The maximum absolute atomic E-state index is 11.1. The number of carbonyl (C=O) groups excluding carboxylic acids is 2. The summed E-state index contributed by atoms with van der Waals surface area (Å²) < 4.78 is 0. The first-order valence-electron chi connectivity index (χ1n) is 4.36. The van der Waals surface area contributed by atoms with E-state index in [1.807, 2.05) is 13.8 Å². The predicted octanol–water partition coefficient (Wildman–Crippen LogP) is 1.06. The van der Waals surface area contributed by atoms with Crippen molar-refractivity contribution in [1.82, 2.24) is 0 Å². The summed E-state index contributed by atoms with van der Waals surface area (Å²) in [5.41, 5.74) is -0.958. The minimum absolute atomic E-state index is 0. The van der Waals surface area contributed by atoms with Crippen LogP contribution < -0.4 is 0 Å². The number of allylic oxidation sites excluding steroid dienone is 3. The average Bonchev–Trinajstić information content (AvgIpc) is 2.31. The van der Waals surface area contributed by atoms with E-state index in [0.29, 0.717) is 0 Å². The molecule has 0 aliphatic heterocycles. The molecule has 1 N–H and O–H groups in total. The van der Waals surface area contributed by atoms with Crippen molar-refractivity contribution in [2.75, 3.05) is 0 Å². The molecule has 1 unspecified atom stereocenters. The molecule has 0 amide bonds. The molecule has 2 radical (unpaired) electrons. The normalized spacial score (nSPS) is 23.9. The number of hydrogen-bond donors (Lipinski definition) is 1. The molecule has 0 heterocycles. The summed E-state index contributed by atoms with van der Waals surface area (Å²) in [6.07, 6.45) is 6.78. The molecule has 0 saturated heterocycles. The molecule has 3 nitrogen and oxygen atoms in total. The van der Waals surface area contributed by atoms with E-state index in [0.717, 1.165) is 0 Å². The monoisotopic (exact) mass is 250 g/mol. The molecule has 1 aliphatic rings. The molecule has 0 aromatic heterocycles. The number of hydrogen-bond acceptors (Lipinski definition) is 3. The first kappa shape index (κ1) is 16.7. The first-order chi connectivity index (χ1) is 6.54. The third-order valence-corrected chi connectivity index (χ3v) is 2.24. The van der Waals surface area contributed by atoms with Crippen LogP contribution in [0.3, 0.4) is 0 Å². The molecule has 15 heavy (non-hydrogen) atoms. The zero-order chi connectivity index (χ0) is 11.2. The third-order valence-electron chi connectivity index (χ3n) is 2.24. The Hall–Kier alpha value is -0.701. The van der Waals surface area contributed by atoms with Crippen molar-refractivity contribution < 1.29 is 31.8 Å². The van der Waals surface area contributed by atoms with Crippen LogP contribution in [0.4, 0.5) is 0 Å². The zero-order valence-corrected chi connectivity index (χ0v) is 9.82. The van der Waals surface area contributed by atoms with Gasteiger partial charge in [0, 0.05) is 23.5 Å². The fraction of sp³-hybridized carbons (Fsp3) is 0.455. The summed E-state index contributed by atoms with van der Waals surface area (Å²) in [6, 6.07) is 0. The number of carbonyl (C=O) groups is 1. The second-order valence-electron chi connectivity index (χ2n) is 3.51. The van der Waals surface area contributed by atoms with Crippen LogP contribution in [0.25, 0.3) is 0 Å². The largest absolute Gasteiger partial charge is 0.385 e. The standard InChI is InChI=1S/C10H14O2.CO.Fe/c1-8(2)10(12)6-4-3-5-9(11)7-10;1-2;/h3-6,8,12H,7H2,1-2H3;;. The Kier molecular flexibility index (Phi) is 8.44. The van der Waals surface area contributed by atoms with Gasteiger partial charge in [-0.3, -0.25) is 9.59 Å². The summed E-state index contributed by atoms with van der Waals surface area (Å²) in [7, 11) is 0. The summed E-state index contributed by atoms with van der Waals surface area (Å²) in [6.45, 7) is 8.31. The number of aliphatic hydroxyl groups is 1. The molecule has 0 spiro atoms. The van der Waals surface area contributed by atoms with Crippen LogP contribution in [0.2, 0.25) is 0 Å². The second-order valence-corrected chi connectivity index (χ2v) is 3.51. The van der Waals surface area contributed by atoms with Crippen molar-refractivity contribution in [3.8, 4) is 0 Å². The van der Waals surface area contributed by atoms with Crippen molar-refractivity contribution in [1.29, 1.82) is 0 Å². The molecule has 1 atom stereocenters. The van der Waals surface area contributed by atoms with Crippen LogP contribution >= 0.6 is 0 Å². The van der Waals surface area contributed by atoms with Crippen molar-refractivity contribution >= 4 is 12.6 Å². The van der Waals surface area contributed by atoms with Crippen LogP contribution in [0, 0.1) is 5.92 Å². The minimum atomic E-state index is -0.958. The van der Waals surface area contributed by atoms with Gasteiger partial charge in [-0.25, -0.2) is 0 Å². The minimum Gasteiger partial charge on any atom is -0.385 e. The topological polar surface area (TPSA) is 54.4 Å². The average molecular weight is 250 g/mol. The van der Waals surface area contributed by atoms with Crippen LogP contribution in [0.1, 0.15) is 20.3 Å². The molecule has 1 aliphatic carbocycles. The van der Waals surface area contributed by atoms with Gasteiger partial charge in [0.1, 0.15) is 0 Å². The molecule has 0 aromatic rings. The maximum atomic E-state index is 11.1. The molecule has 84 valence electrons. The van der Waals surface area contributed by atoms with Crippen molar-refractivity contribution in [3.05, 3.63) is 24.3 Å². The summed E-state index contributed by atoms with van der Waals surface area (Å²) >= 11 is 0. The molecule has 4 heteroatoms. The van der Waals surface area contributed by atoms with Crippen molar-refractivity contribution in [2.45, 2.75) is 25.9 Å². The summed E-state index contributed by atoms with van der Waals surface area (Å²) in [4.78, 5) is 18.6. The van der Waals surface area contributed by atoms with Gasteiger partial charge in [-0.05, 0) is 12.0 Å². The van der Waals surface area contributed by atoms with E-state index in [1.165, 1.54) is 6.08 Å². The molecule has 0 bridgehead atoms. The molecule has 0 fully saturated rings. The molecular formula is C11H14FeO3. The van der Waals surface area contributed by atoms with Crippen LogP contribution in [-0.4, -0.2) is 23.3 Å². The van der Waals surface area contributed by atoms with E-state index in [-0.39, 0.29) is 35.2 Å². The zero-order valence-electron chi connectivity index (χ0n) is 8.71. The van der Waals surface area contributed by atoms with Crippen molar-refractivity contribution in [2.24, 2.45) is 5.92 Å². The summed E-state index contributed by atoms with van der Waals surface area (Å²) in [5.74, 6) is 0.0498. The fourth-order valence-corrected chi connectivity index (χ4v) is 1.18. The summed E-state index contributed by atoms with van der Waals surface area (Å²) in [5, 5.41) is 9.95. The maximum Gasteiger partial charge on any atom is 0.281 e. The molecule has 0 aromatic carbocycles. The Morgan fingerprint density at radius 3 is 2.40 bits per heavy atom. The van der Waals surface area contributed by atoms with Gasteiger partial charge in [0.05, 0.1) is 5.60 Å². The Balaban J connectivity index is 0. The van der Waals surface area contributed by atoms with E-state index in [9.17, 15) is 9.90 Å². The van der Waals surface area contributed by atoms with E-state index < -0.39 is 5.60 Å². The quantitative estimate of drug-likeness (QED) is 0.708. The number of ketones is 1. The first-order valence-corrected chi connectivity index (χ1v) is 4.36. The van der Waals surface area contributed by atoms with E-state index in [1.54, 1.807) is 18.2 Å². The molecular weight excluding hydrogens is 236 g/mol. The fourth-order valence-electron chi connectivity index (χ4n) is 1.18. The molecule has 1 rings (SSSR count). The van der Waals surface area contributed by atoms with Gasteiger partial charge in [-0.2, -0.15) is 0 Å². The van der Waals surface area contributed by atoms with Crippen molar-refractivity contribution in [3.63, 3.8) is 0 Å². The van der Waals surface area contributed by atoms with Gasteiger partial charge in [0.15, 0.2) is 5.78 Å². The van der Waals surface area contributed by atoms with E-state index >= 15 is 0 Å². The van der Waals surface area contributed by atoms with Gasteiger partial charge in [0.25, 0.3) is 6.79 Å². The van der Waals surface area contributed by atoms with E-state index in [4.69, 9.17) is 4.79 Å². The second kappa shape index (κ2) is 7.57. The Labute approximate surface area is 101 Å². The van der Waals surface area contributed by atoms with Gasteiger partial charge in [-0.1, -0.05) is 32.1 Å². The van der Waals surface area contributed by atoms with Crippen LogP contribution in [0.15, 0.2) is 24.3 Å². The SMILES string of the molecule is CC(C)C1(O)C=CC=CC(=O)C1.[C]=O.[Fe]. The van der Waals surface area contributed by atoms with Gasteiger partial charge in [0.2, 0.25) is 0 Å². The van der Waals surface area contributed by atoms with Gasteiger partial charge >= 0.3 is 0 Å². The van der Waals surface area contributed by atoms with Gasteiger partial charge < -0.3 is 5.11 Å². The van der Waals surface area contributed by atoms with E-state index in [2.05, 4.69) is 6.79 Å².